The van der Waals surface area contributed by atoms with Gasteiger partial charge in [-0.3, -0.25) is 9.59 Å². The van der Waals surface area contributed by atoms with Crippen molar-refractivity contribution < 1.29 is 14.3 Å². The van der Waals surface area contributed by atoms with Gasteiger partial charge in [0.15, 0.2) is 0 Å². The standard InChI is InChI=1S/C14H14O3/c15-13-7-10(8-14(16)17-13)12-4-2-1-3-11(12)9-5-6-9/h1-4,9-10H,5-8H2. The zero-order valence-corrected chi connectivity index (χ0v) is 9.52. The summed E-state index contributed by atoms with van der Waals surface area (Å²) >= 11 is 0. The van der Waals surface area contributed by atoms with Gasteiger partial charge in [-0.25, -0.2) is 0 Å². The number of benzene rings is 1. The van der Waals surface area contributed by atoms with E-state index in [9.17, 15) is 9.59 Å². The Hall–Kier alpha value is -1.64. The van der Waals surface area contributed by atoms with E-state index in [1.54, 1.807) is 0 Å². The highest BCUT2D eigenvalue weighted by atomic mass is 16.6. The Labute approximate surface area is 99.8 Å². The summed E-state index contributed by atoms with van der Waals surface area (Å²) in [6.07, 6.45) is 3.11. The van der Waals surface area contributed by atoms with E-state index in [0.29, 0.717) is 18.8 Å². The molecule has 1 aromatic carbocycles. The fourth-order valence-electron chi connectivity index (χ4n) is 2.55. The lowest BCUT2D eigenvalue weighted by atomic mass is 9.86. The third-order valence-electron chi connectivity index (χ3n) is 3.51. The van der Waals surface area contributed by atoms with E-state index in [1.807, 2.05) is 18.2 Å². The second kappa shape index (κ2) is 3.99. The van der Waals surface area contributed by atoms with E-state index in [1.165, 1.54) is 24.0 Å². The molecule has 0 atom stereocenters. The van der Waals surface area contributed by atoms with Gasteiger partial charge in [-0.1, -0.05) is 24.3 Å². The first kappa shape index (κ1) is 10.5. The average Bonchev–Trinajstić information content (AvgIpc) is 3.11. The molecule has 0 unspecified atom stereocenters. The van der Waals surface area contributed by atoms with Crippen LogP contribution in [0, 0.1) is 0 Å². The molecular formula is C14H14O3. The van der Waals surface area contributed by atoms with Crippen molar-refractivity contribution in [3.05, 3.63) is 35.4 Å². The van der Waals surface area contributed by atoms with Gasteiger partial charge in [-0.2, -0.15) is 0 Å². The van der Waals surface area contributed by atoms with Gasteiger partial charge in [0.25, 0.3) is 0 Å². The highest BCUT2D eigenvalue weighted by Crippen LogP contribution is 2.44. The molecule has 0 bridgehead atoms. The number of cyclic esters (lactones) is 2. The summed E-state index contributed by atoms with van der Waals surface area (Å²) < 4.78 is 4.58. The zero-order chi connectivity index (χ0) is 11.8. The first-order valence-corrected chi connectivity index (χ1v) is 6.06. The van der Waals surface area contributed by atoms with Crippen LogP contribution in [0.5, 0.6) is 0 Å². The van der Waals surface area contributed by atoms with Gasteiger partial charge in [0.2, 0.25) is 0 Å². The first-order valence-electron chi connectivity index (χ1n) is 6.06. The summed E-state index contributed by atoms with van der Waals surface area (Å²) in [4.78, 5) is 22.6. The Balaban J connectivity index is 1.92. The van der Waals surface area contributed by atoms with E-state index in [2.05, 4.69) is 10.8 Å². The minimum atomic E-state index is -0.392. The molecule has 3 nitrogen and oxygen atoms in total. The van der Waals surface area contributed by atoms with Crippen molar-refractivity contribution in [1.29, 1.82) is 0 Å². The topological polar surface area (TPSA) is 43.4 Å². The molecule has 2 aliphatic rings. The summed E-state index contributed by atoms with van der Waals surface area (Å²) in [6, 6.07) is 8.17. The summed E-state index contributed by atoms with van der Waals surface area (Å²) in [6.45, 7) is 0. The average molecular weight is 230 g/mol. The van der Waals surface area contributed by atoms with Crippen LogP contribution in [0.2, 0.25) is 0 Å². The molecule has 2 fully saturated rings. The molecule has 3 rings (SSSR count). The third-order valence-corrected chi connectivity index (χ3v) is 3.51. The van der Waals surface area contributed by atoms with Gasteiger partial charge >= 0.3 is 11.9 Å². The van der Waals surface area contributed by atoms with Gasteiger partial charge in [0.05, 0.1) is 12.8 Å². The van der Waals surface area contributed by atoms with Crippen LogP contribution in [0.15, 0.2) is 24.3 Å². The molecule has 17 heavy (non-hydrogen) atoms. The number of rotatable bonds is 2. The molecule has 0 radical (unpaired) electrons. The third kappa shape index (κ3) is 2.09. The molecule has 1 aliphatic carbocycles. The van der Waals surface area contributed by atoms with Gasteiger partial charge in [0, 0.05) is 5.92 Å². The number of esters is 2. The number of ether oxygens (including phenoxy) is 1. The second-order valence-corrected chi connectivity index (χ2v) is 4.85. The zero-order valence-electron chi connectivity index (χ0n) is 9.52. The van der Waals surface area contributed by atoms with Crippen molar-refractivity contribution in [3.63, 3.8) is 0 Å². The summed E-state index contributed by atoms with van der Waals surface area (Å²) in [5.41, 5.74) is 2.49. The van der Waals surface area contributed by atoms with Crippen LogP contribution < -0.4 is 0 Å². The highest BCUT2D eigenvalue weighted by Gasteiger charge is 2.33. The van der Waals surface area contributed by atoms with Crippen LogP contribution in [0.25, 0.3) is 0 Å². The van der Waals surface area contributed by atoms with Crippen molar-refractivity contribution in [2.24, 2.45) is 0 Å². The normalized spacial score (nSPS) is 21.4. The number of hydrogen-bond acceptors (Lipinski definition) is 3. The Morgan fingerprint density at radius 1 is 0.882 bits per heavy atom. The molecule has 0 spiro atoms. The van der Waals surface area contributed by atoms with Crippen molar-refractivity contribution in [3.8, 4) is 0 Å². The van der Waals surface area contributed by atoms with Crippen molar-refractivity contribution in [2.45, 2.75) is 37.5 Å². The number of carbonyl (C=O) groups excluding carboxylic acids is 2. The van der Waals surface area contributed by atoms with Crippen LogP contribution in [0.3, 0.4) is 0 Å². The Kier molecular flexibility index (Phi) is 2.46. The molecular weight excluding hydrogens is 216 g/mol. The summed E-state index contributed by atoms with van der Waals surface area (Å²) in [5.74, 6) is -0.131. The van der Waals surface area contributed by atoms with Crippen molar-refractivity contribution >= 4 is 11.9 Å². The summed E-state index contributed by atoms with van der Waals surface area (Å²) in [7, 11) is 0. The van der Waals surface area contributed by atoms with Crippen LogP contribution in [0.4, 0.5) is 0 Å². The molecule has 0 aromatic heterocycles. The van der Waals surface area contributed by atoms with Gasteiger partial charge in [-0.15, -0.1) is 0 Å². The van der Waals surface area contributed by atoms with Gasteiger partial charge < -0.3 is 4.74 Å². The first-order chi connectivity index (χ1) is 8.24. The lowest BCUT2D eigenvalue weighted by molar-refractivity contribution is -0.163. The predicted octanol–water partition coefficient (Wildman–Crippen LogP) is 2.51. The number of carbonyl (C=O) groups is 2. The number of hydrogen-bond donors (Lipinski definition) is 0. The molecule has 1 saturated heterocycles. The molecule has 0 N–H and O–H groups in total. The Morgan fingerprint density at radius 2 is 1.41 bits per heavy atom. The lowest BCUT2D eigenvalue weighted by Gasteiger charge is -2.22. The minimum absolute atomic E-state index is 0.0144. The maximum Gasteiger partial charge on any atom is 0.314 e. The van der Waals surface area contributed by atoms with Crippen LogP contribution in [-0.4, -0.2) is 11.9 Å². The quantitative estimate of drug-likeness (QED) is 0.579. The van der Waals surface area contributed by atoms with Gasteiger partial charge in [-0.05, 0) is 29.9 Å². The minimum Gasteiger partial charge on any atom is -0.393 e. The lowest BCUT2D eigenvalue weighted by Crippen LogP contribution is -2.24. The largest absolute Gasteiger partial charge is 0.393 e. The predicted molar refractivity (Wildman–Crippen MR) is 61.5 cm³/mol. The molecule has 3 heteroatoms. The van der Waals surface area contributed by atoms with Crippen molar-refractivity contribution in [2.75, 3.05) is 0 Å². The van der Waals surface area contributed by atoms with Crippen molar-refractivity contribution in [1.82, 2.24) is 0 Å². The maximum atomic E-state index is 11.3. The second-order valence-electron chi connectivity index (χ2n) is 4.85. The molecule has 88 valence electrons. The van der Waals surface area contributed by atoms with E-state index in [4.69, 9.17) is 0 Å². The van der Waals surface area contributed by atoms with Crippen LogP contribution in [0.1, 0.15) is 48.6 Å². The molecule has 1 heterocycles. The van der Waals surface area contributed by atoms with E-state index in [0.717, 1.165) is 0 Å². The fourth-order valence-corrected chi connectivity index (χ4v) is 2.55. The van der Waals surface area contributed by atoms with Crippen LogP contribution in [-0.2, 0) is 14.3 Å². The highest BCUT2D eigenvalue weighted by molar-refractivity contribution is 5.89. The SMILES string of the molecule is O=C1CC(c2ccccc2C2CC2)CC(=O)O1. The van der Waals surface area contributed by atoms with Crippen LogP contribution >= 0.6 is 0 Å². The summed E-state index contributed by atoms with van der Waals surface area (Å²) in [5, 5.41) is 0. The smallest absolute Gasteiger partial charge is 0.314 e. The van der Waals surface area contributed by atoms with E-state index >= 15 is 0 Å². The van der Waals surface area contributed by atoms with Gasteiger partial charge in [0.1, 0.15) is 0 Å². The molecule has 1 aliphatic heterocycles. The maximum absolute atomic E-state index is 11.3. The Morgan fingerprint density at radius 3 is 1.94 bits per heavy atom. The van der Waals surface area contributed by atoms with E-state index in [-0.39, 0.29) is 5.92 Å². The fraction of sp³-hybridized carbons (Fsp3) is 0.429. The molecule has 0 amide bonds. The monoisotopic (exact) mass is 230 g/mol. The molecule has 1 aromatic rings. The van der Waals surface area contributed by atoms with E-state index < -0.39 is 11.9 Å². The Bertz CT molecular complexity index is 458. The molecule has 1 saturated carbocycles.